The molecule has 0 N–H and O–H groups in total. The number of pyridine rings is 1. The van der Waals surface area contributed by atoms with Crippen molar-refractivity contribution in [1.82, 2.24) is 4.98 Å². The first-order valence-corrected chi connectivity index (χ1v) is 6.15. The third-order valence-electron chi connectivity index (χ3n) is 2.50. The van der Waals surface area contributed by atoms with E-state index in [4.69, 9.17) is 9.15 Å². The van der Waals surface area contributed by atoms with Crippen LogP contribution in [0.25, 0.3) is 12.2 Å². The molecule has 2 aromatic heterocycles. The van der Waals surface area contributed by atoms with Gasteiger partial charge in [-0.2, -0.15) is 0 Å². The fraction of sp³-hybridized carbons (Fsp3) is 0.143. The number of carbonyl (C=O) groups is 1. The largest absolute Gasteiger partial charge is 0.460 e. The molecule has 0 atom stereocenters. The summed E-state index contributed by atoms with van der Waals surface area (Å²) in [5, 5.41) is 10.5. The van der Waals surface area contributed by atoms with E-state index in [-0.39, 0.29) is 18.1 Å². The number of carbonyl (C=O) groups excluding carboxylic acids is 1. The molecule has 7 nitrogen and oxygen atoms in total. The van der Waals surface area contributed by atoms with Crippen LogP contribution < -0.4 is 0 Å². The van der Waals surface area contributed by atoms with Crippen LogP contribution in [0.5, 0.6) is 0 Å². The Morgan fingerprint density at radius 1 is 1.38 bits per heavy atom. The molecule has 0 aliphatic heterocycles. The van der Waals surface area contributed by atoms with E-state index in [1.165, 1.54) is 24.4 Å². The number of aromatic nitrogens is 1. The van der Waals surface area contributed by atoms with Gasteiger partial charge < -0.3 is 9.15 Å². The lowest BCUT2D eigenvalue weighted by molar-refractivity contribution is -0.385. The number of hydrogen-bond acceptors (Lipinski definition) is 6. The quantitative estimate of drug-likeness (QED) is 0.477. The molecule has 7 heteroatoms. The van der Waals surface area contributed by atoms with Gasteiger partial charge in [-0.25, -0.2) is 9.78 Å². The van der Waals surface area contributed by atoms with E-state index < -0.39 is 10.9 Å². The third-order valence-corrected chi connectivity index (χ3v) is 2.50. The van der Waals surface area contributed by atoms with Crippen LogP contribution in [0.2, 0.25) is 0 Å². The molecule has 108 valence electrons. The molecule has 0 radical (unpaired) electrons. The predicted octanol–water partition coefficient (Wildman–Crippen LogP) is 2.93. The molecule has 0 saturated carbocycles. The summed E-state index contributed by atoms with van der Waals surface area (Å²) in [7, 11) is 0. The molecule has 0 aliphatic carbocycles. The summed E-state index contributed by atoms with van der Waals surface area (Å²) in [6.07, 6.45) is 4.40. The summed E-state index contributed by atoms with van der Waals surface area (Å²) in [6, 6.07) is 6.01. The van der Waals surface area contributed by atoms with E-state index in [1.807, 2.05) is 0 Å². The summed E-state index contributed by atoms with van der Waals surface area (Å²) in [6.45, 7) is 1.99. The first-order valence-electron chi connectivity index (χ1n) is 6.15. The average molecular weight is 288 g/mol. The van der Waals surface area contributed by atoms with Gasteiger partial charge in [0.05, 0.1) is 17.2 Å². The van der Waals surface area contributed by atoms with Crippen molar-refractivity contribution in [3.05, 3.63) is 57.8 Å². The first kappa shape index (κ1) is 14.4. The fourth-order valence-electron chi connectivity index (χ4n) is 1.53. The Hall–Kier alpha value is -2.96. The van der Waals surface area contributed by atoms with Gasteiger partial charge in [-0.3, -0.25) is 10.1 Å². The summed E-state index contributed by atoms with van der Waals surface area (Å²) in [4.78, 5) is 25.3. The van der Waals surface area contributed by atoms with Crippen molar-refractivity contribution in [3.8, 4) is 0 Å². The topological polar surface area (TPSA) is 95.5 Å². The molecule has 0 aliphatic rings. The Balaban J connectivity index is 2.07. The van der Waals surface area contributed by atoms with Gasteiger partial charge in [-0.05, 0) is 37.3 Å². The molecule has 0 amide bonds. The van der Waals surface area contributed by atoms with Crippen molar-refractivity contribution in [2.24, 2.45) is 0 Å². The molecule has 0 saturated heterocycles. The Bertz CT molecular complexity index is 673. The van der Waals surface area contributed by atoms with Gasteiger partial charge in [0.2, 0.25) is 5.76 Å². The lowest BCUT2D eigenvalue weighted by Crippen LogP contribution is -2.02. The molecule has 0 unspecified atom stereocenters. The minimum Gasteiger partial charge on any atom is -0.460 e. The maximum absolute atomic E-state index is 11.4. The van der Waals surface area contributed by atoms with Gasteiger partial charge in [0, 0.05) is 6.07 Å². The monoisotopic (exact) mass is 288 g/mol. The zero-order chi connectivity index (χ0) is 15.2. The minimum atomic E-state index is -0.523. The van der Waals surface area contributed by atoms with Crippen LogP contribution in [0, 0.1) is 10.1 Å². The second-order valence-electron chi connectivity index (χ2n) is 3.95. The van der Waals surface area contributed by atoms with Gasteiger partial charge >= 0.3 is 5.97 Å². The smallest absolute Gasteiger partial charge is 0.374 e. The number of nitro groups is 1. The second-order valence-corrected chi connectivity index (χ2v) is 3.95. The molecule has 21 heavy (non-hydrogen) atoms. The van der Waals surface area contributed by atoms with E-state index in [0.717, 1.165) is 0 Å². The van der Waals surface area contributed by atoms with Crippen LogP contribution in [0.15, 0.2) is 34.9 Å². The standard InChI is InChI=1S/C14H12N2O5/c1-2-20-14(17)13-8-7-12(21-13)6-4-10-3-5-11(9-15-10)16(18)19/h3-9H,2H2,1H3/b6-4+. The number of rotatable bonds is 5. The van der Waals surface area contributed by atoms with Crippen molar-refractivity contribution in [3.63, 3.8) is 0 Å². The number of esters is 1. The Kier molecular flexibility index (Phi) is 4.45. The highest BCUT2D eigenvalue weighted by Crippen LogP contribution is 2.14. The molecule has 2 heterocycles. The Morgan fingerprint density at radius 2 is 2.19 bits per heavy atom. The normalized spacial score (nSPS) is 10.7. The Labute approximate surface area is 120 Å². The van der Waals surface area contributed by atoms with Crippen molar-refractivity contribution in [1.29, 1.82) is 0 Å². The van der Waals surface area contributed by atoms with Crippen LogP contribution in [-0.2, 0) is 4.74 Å². The van der Waals surface area contributed by atoms with Gasteiger partial charge in [0.25, 0.3) is 5.69 Å². The minimum absolute atomic E-state index is 0.0743. The SMILES string of the molecule is CCOC(=O)c1ccc(/C=C/c2ccc([N+](=O)[O-])cn2)o1. The van der Waals surface area contributed by atoms with Crippen molar-refractivity contribution < 1.29 is 18.9 Å². The van der Waals surface area contributed by atoms with Crippen LogP contribution >= 0.6 is 0 Å². The number of ether oxygens (including phenoxy) is 1. The van der Waals surface area contributed by atoms with Crippen LogP contribution in [0.4, 0.5) is 5.69 Å². The van der Waals surface area contributed by atoms with E-state index in [2.05, 4.69) is 4.98 Å². The highest BCUT2D eigenvalue weighted by atomic mass is 16.6. The summed E-state index contributed by atoms with van der Waals surface area (Å²) >= 11 is 0. The molecular formula is C14H12N2O5. The zero-order valence-electron chi connectivity index (χ0n) is 11.2. The summed E-state index contributed by atoms with van der Waals surface area (Å²) < 4.78 is 10.1. The second kappa shape index (κ2) is 6.47. The lowest BCUT2D eigenvalue weighted by atomic mass is 10.3. The van der Waals surface area contributed by atoms with Crippen molar-refractivity contribution >= 4 is 23.8 Å². The van der Waals surface area contributed by atoms with E-state index in [9.17, 15) is 14.9 Å². The molecule has 0 aromatic carbocycles. The number of hydrogen-bond donors (Lipinski definition) is 0. The zero-order valence-corrected chi connectivity index (χ0v) is 11.2. The third kappa shape index (κ3) is 3.75. The van der Waals surface area contributed by atoms with E-state index >= 15 is 0 Å². The molecular weight excluding hydrogens is 276 g/mol. The highest BCUT2D eigenvalue weighted by molar-refractivity contribution is 5.86. The average Bonchev–Trinajstić information content (AvgIpc) is 2.95. The number of nitrogens with zero attached hydrogens (tertiary/aromatic N) is 2. The molecule has 0 bridgehead atoms. The van der Waals surface area contributed by atoms with Gasteiger partial charge in [-0.1, -0.05) is 0 Å². The summed E-state index contributed by atoms with van der Waals surface area (Å²) in [5.74, 6) is 0.0528. The van der Waals surface area contributed by atoms with Crippen LogP contribution in [0.3, 0.4) is 0 Å². The molecule has 2 rings (SSSR count). The van der Waals surface area contributed by atoms with Crippen molar-refractivity contribution in [2.45, 2.75) is 6.92 Å². The maximum Gasteiger partial charge on any atom is 0.374 e. The first-order chi connectivity index (χ1) is 10.1. The van der Waals surface area contributed by atoms with Gasteiger partial charge in [-0.15, -0.1) is 0 Å². The molecule has 0 spiro atoms. The lowest BCUT2D eigenvalue weighted by Gasteiger charge is -1.96. The molecule has 2 aromatic rings. The fourth-order valence-corrected chi connectivity index (χ4v) is 1.53. The van der Waals surface area contributed by atoms with Crippen LogP contribution in [-0.4, -0.2) is 22.5 Å². The van der Waals surface area contributed by atoms with Crippen molar-refractivity contribution in [2.75, 3.05) is 6.61 Å². The maximum atomic E-state index is 11.4. The highest BCUT2D eigenvalue weighted by Gasteiger charge is 2.10. The predicted molar refractivity (Wildman–Crippen MR) is 74.5 cm³/mol. The van der Waals surface area contributed by atoms with Gasteiger partial charge in [0.1, 0.15) is 12.0 Å². The van der Waals surface area contributed by atoms with Gasteiger partial charge in [0.15, 0.2) is 0 Å². The Morgan fingerprint density at radius 3 is 2.81 bits per heavy atom. The number of furan rings is 1. The summed E-state index contributed by atoms with van der Waals surface area (Å²) in [5.41, 5.74) is 0.462. The van der Waals surface area contributed by atoms with E-state index in [0.29, 0.717) is 11.5 Å². The van der Waals surface area contributed by atoms with E-state index in [1.54, 1.807) is 25.1 Å². The molecule has 0 fully saturated rings. The van der Waals surface area contributed by atoms with Crippen LogP contribution in [0.1, 0.15) is 28.9 Å².